The Kier molecular flexibility index (Phi) is 3.55. The molecule has 0 unspecified atom stereocenters. The normalized spacial score (nSPS) is 10.8. The van der Waals surface area contributed by atoms with Gasteiger partial charge in [-0.1, -0.05) is 13.3 Å². The lowest BCUT2D eigenvalue weighted by atomic mass is 10.1. The fourth-order valence-electron chi connectivity index (χ4n) is 2.02. The third kappa shape index (κ3) is 2.18. The van der Waals surface area contributed by atoms with Crippen LogP contribution in [0, 0.1) is 0 Å². The smallest absolute Gasteiger partial charge is 0.254 e. The Hall–Kier alpha value is -1.97. The molecule has 2 aromatic rings. The van der Waals surface area contributed by atoms with Gasteiger partial charge in [-0.3, -0.25) is 4.79 Å². The van der Waals surface area contributed by atoms with Crippen molar-refractivity contribution in [2.24, 2.45) is 0 Å². The Morgan fingerprint density at radius 1 is 1.33 bits per heavy atom. The highest BCUT2D eigenvalue weighted by Gasteiger charge is 2.08. The minimum atomic E-state index is -0.179. The second kappa shape index (κ2) is 5.12. The molecule has 0 saturated heterocycles. The Morgan fingerprint density at radius 3 is 2.78 bits per heavy atom. The van der Waals surface area contributed by atoms with Gasteiger partial charge >= 0.3 is 0 Å². The molecule has 1 N–H and O–H groups in total. The molecule has 0 saturated carbocycles. The summed E-state index contributed by atoms with van der Waals surface area (Å²) in [5, 5.41) is 10.5. The van der Waals surface area contributed by atoms with E-state index in [9.17, 15) is 9.90 Å². The summed E-state index contributed by atoms with van der Waals surface area (Å²) in [6.45, 7) is 2.73. The number of aromatic hydroxyl groups is 1. The van der Waals surface area contributed by atoms with Crippen LogP contribution in [0.2, 0.25) is 0 Å². The van der Waals surface area contributed by atoms with Crippen LogP contribution >= 0.6 is 0 Å². The lowest BCUT2D eigenvalue weighted by molar-refractivity contribution is 0.415. The molecular weight excluding hydrogens is 230 g/mol. The van der Waals surface area contributed by atoms with Crippen molar-refractivity contribution in [3.63, 3.8) is 0 Å². The number of fused-ring (bicyclic) bond motifs is 1. The number of nitrogens with zero attached hydrogens (tertiary/aromatic N) is 1. The molecule has 96 valence electrons. The van der Waals surface area contributed by atoms with Crippen molar-refractivity contribution in [3.05, 3.63) is 34.6 Å². The molecule has 18 heavy (non-hydrogen) atoms. The van der Waals surface area contributed by atoms with Crippen LogP contribution < -0.4 is 10.3 Å². The van der Waals surface area contributed by atoms with E-state index in [1.807, 2.05) is 0 Å². The lowest BCUT2D eigenvalue weighted by Crippen LogP contribution is -2.19. The maximum absolute atomic E-state index is 11.9. The lowest BCUT2D eigenvalue weighted by Gasteiger charge is -2.11. The van der Waals surface area contributed by atoms with E-state index in [4.69, 9.17) is 4.74 Å². The van der Waals surface area contributed by atoms with E-state index >= 15 is 0 Å². The molecule has 0 atom stereocenters. The average Bonchev–Trinajstić information content (AvgIpc) is 2.38. The minimum Gasteiger partial charge on any atom is -0.507 e. The summed E-state index contributed by atoms with van der Waals surface area (Å²) in [7, 11) is 1.58. The molecule has 0 radical (unpaired) electrons. The van der Waals surface area contributed by atoms with Crippen LogP contribution in [0.1, 0.15) is 19.8 Å². The van der Waals surface area contributed by atoms with Gasteiger partial charge in [-0.2, -0.15) is 0 Å². The standard InChI is InChI=1S/C14H17NO3/c1-3-4-7-15-12-8-10(18-2)5-6-11(12)13(16)9-14(15)17/h5-6,8-9,16H,3-4,7H2,1-2H3. The SMILES string of the molecule is CCCCn1c(=O)cc(O)c2ccc(OC)cc21. The van der Waals surface area contributed by atoms with Crippen LogP contribution in [-0.2, 0) is 6.54 Å². The highest BCUT2D eigenvalue weighted by Crippen LogP contribution is 2.26. The summed E-state index contributed by atoms with van der Waals surface area (Å²) in [6.07, 6.45) is 1.94. The number of benzene rings is 1. The van der Waals surface area contributed by atoms with Crippen molar-refractivity contribution in [2.75, 3.05) is 7.11 Å². The number of hydrogen-bond donors (Lipinski definition) is 1. The first-order chi connectivity index (χ1) is 8.67. The molecule has 0 amide bonds. The van der Waals surface area contributed by atoms with E-state index in [1.165, 1.54) is 6.07 Å². The van der Waals surface area contributed by atoms with Gasteiger partial charge in [0.1, 0.15) is 11.5 Å². The number of aromatic nitrogens is 1. The summed E-state index contributed by atoms with van der Waals surface area (Å²) >= 11 is 0. The number of hydrogen-bond acceptors (Lipinski definition) is 3. The number of methoxy groups -OCH3 is 1. The molecule has 0 aliphatic heterocycles. The van der Waals surface area contributed by atoms with E-state index in [1.54, 1.807) is 29.9 Å². The molecule has 0 fully saturated rings. The van der Waals surface area contributed by atoms with Gasteiger partial charge in [-0.05, 0) is 18.6 Å². The first-order valence-corrected chi connectivity index (χ1v) is 6.08. The zero-order valence-electron chi connectivity index (χ0n) is 10.6. The first-order valence-electron chi connectivity index (χ1n) is 6.08. The Labute approximate surface area is 105 Å². The average molecular weight is 247 g/mol. The van der Waals surface area contributed by atoms with Crippen LogP contribution in [-0.4, -0.2) is 16.8 Å². The van der Waals surface area contributed by atoms with Crippen molar-refractivity contribution in [2.45, 2.75) is 26.3 Å². The van der Waals surface area contributed by atoms with Crippen LogP contribution in [0.25, 0.3) is 10.9 Å². The van der Waals surface area contributed by atoms with Crippen LogP contribution in [0.5, 0.6) is 11.5 Å². The third-order valence-corrected chi connectivity index (χ3v) is 3.03. The van der Waals surface area contributed by atoms with Crippen LogP contribution in [0.4, 0.5) is 0 Å². The number of rotatable bonds is 4. The number of ether oxygens (including phenoxy) is 1. The fraction of sp³-hybridized carbons (Fsp3) is 0.357. The van der Waals surface area contributed by atoms with Crippen LogP contribution in [0.3, 0.4) is 0 Å². The topological polar surface area (TPSA) is 51.5 Å². The summed E-state index contributed by atoms with van der Waals surface area (Å²) < 4.78 is 6.85. The van der Waals surface area contributed by atoms with Gasteiger partial charge in [-0.15, -0.1) is 0 Å². The van der Waals surface area contributed by atoms with Crippen molar-refractivity contribution in [1.29, 1.82) is 0 Å². The van der Waals surface area contributed by atoms with E-state index in [2.05, 4.69) is 6.92 Å². The summed E-state index contributed by atoms with van der Waals surface area (Å²) in [4.78, 5) is 11.9. The van der Waals surface area contributed by atoms with E-state index in [0.29, 0.717) is 23.2 Å². The molecule has 0 aliphatic carbocycles. The highest BCUT2D eigenvalue weighted by atomic mass is 16.5. The second-order valence-corrected chi connectivity index (χ2v) is 4.26. The van der Waals surface area contributed by atoms with E-state index in [0.717, 1.165) is 12.8 Å². The molecule has 1 aromatic heterocycles. The van der Waals surface area contributed by atoms with Gasteiger partial charge in [0.25, 0.3) is 5.56 Å². The molecule has 4 nitrogen and oxygen atoms in total. The van der Waals surface area contributed by atoms with Crippen molar-refractivity contribution >= 4 is 10.9 Å². The monoisotopic (exact) mass is 247 g/mol. The van der Waals surface area contributed by atoms with Crippen LogP contribution in [0.15, 0.2) is 29.1 Å². The number of pyridine rings is 1. The van der Waals surface area contributed by atoms with Crippen molar-refractivity contribution < 1.29 is 9.84 Å². The summed E-state index contributed by atoms with van der Waals surface area (Å²) in [5.41, 5.74) is 0.537. The quantitative estimate of drug-likeness (QED) is 0.903. The van der Waals surface area contributed by atoms with Crippen molar-refractivity contribution in [1.82, 2.24) is 4.57 Å². The largest absolute Gasteiger partial charge is 0.507 e. The predicted molar refractivity (Wildman–Crippen MR) is 71.3 cm³/mol. The second-order valence-electron chi connectivity index (χ2n) is 4.26. The van der Waals surface area contributed by atoms with Gasteiger partial charge < -0.3 is 14.4 Å². The molecule has 1 aromatic carbocycles. The van der Waals surface area contributed by atoms with E-state index in [-0.39, 0.29) is 11.3 Å². The van der Waals surface area contributed by atoms with Gasteiger partial charge in [-0.25, -0.2) is 0 Å². The molecule has 0 bridgehead atoms. The Balaban J connectivity index is 2.69. The summed E-state index contributed by atoms with van der Waals surface area (Å²) in [6, 6.07) is 6.60. The van der Waals surface area contributed by atoms with Gasteiger partial charge in [0.15, 0.2) is 0 Å². The number of aryl methyl sites for hydroxylation is 1. The van der Waals surface area contributed by atoms with E-state index < -0.39 is 0 Å². The molecular formula is C14H17NO3. The maximum atomic E-state index is 11.9. The Bertz CT molecular complexity index is 616. The molecule has 2 rings (SSSR count). The minimum absolute atomic E-state index is 0.0189. The van der Waals surface area contributed by atoms with Crippen molar-refractivity contribution in [3.8, 4) is 11.5 Å². The Morgan fingerprint density at radius 2 is 2.11 bits per heavy atom. The highest BCUT2D eigenvalue weighted by molar-refractivity contribution is 5.86. The first kappa shape index (κ1) is 12.5. The molecule has 4 heteroatoms. The molecule has 0 spiro atoms. The summed E-state index contributed by atoms with van der Waals surface area (Å²) in [5.74, 6) is 0.697. The van der Waals surface area contributed by atoms with Gasteiger partial charge in [0, 0.05) is 24.1 Å². The third-order valence-electron chi connectivity index (χ3n) is 3.03. The number of unbranched alkanes of at least 4 members (excludes halogenated alkanes) is 1. The molecule has 1 heterocycles. The zero-order valence-corrected chi connectivity index (χ0v) is 10.6. The fourth-order valence-corrected chi connectivity index (χ4v) is 2.02. The zero-order chi connectivity index (χ0) is 13.1. The van der Waals surface area contributed by atoms with Gasteiger partial charge in [0.05, 0.1) is 12.6 Å². The molecule has 0 aliphatic rings. The predicted octanol–water partition coefficient (Wildman–Crippen LogP) is 2.52. The van der Waals surface area contributed by atoms with Gasteiger partial charge in [0.2, 0.25) is 0 Å². The maximum Gasteiger partial charge on any atom is 0.254 e.